The molecule has 1 N–H and O–H groups in total. The summed E-state index contributed by atoms with van der Waals surface area (Å²) in [4.78, 5) is 0. The van der Waals surface area contributed by atoms with Gasteiger partial charge in [0.15, 0.2) is 0 Å². The maximum atomic E-state index is 6.14. The molecule has 88 valence electrons. The first kappa shape index (κ1) is 11.9. The topological polar surface area (TPSA) is 12.0 Å². The van der Waals surface area contributed by atoms with E-state index in [1.54, 1.807) is 0 Å². The molecule has 0 amide bonds. The van der Waals surface area contributed by atoms with Gasteiger partial charge in [-0.3, -0.25) is 0 Å². The molecule has 0 radical (unpaired) electrons. The molecule has 1 saturated heterocycles. The summed E-state index contributed by atoms with van der Waals surface area (Å²) in [5, 5.41) is 4.52. The smallest absolute Gasteiger partial charge is 0.0437 e. The minimum atomic E-state index is 0.640. The summed E-state index contributed by atoms with van der Waals surface area (Å²) in [6.45, 7) is 3.22. The predicted molar refractivity (Wildman–Crippen MR) is 70.2 cm³/mol. The van der Waals surface area contributed by atoms with Gasteiger partial charge in [-0.25, -0.2) is 0 Å². The molecule has 0 aliphatic carbocycles. The number of rotatable bonds is 2. The number of halogens is 1. The number of benzene rings is 1. The molecule has 0 spiro atoms. The SMILES string of the molecule is Cc1ccc(CC2CCCCCN2)cc1Cl. The molecule has 1 aromatic rings. The van der Waals surface area contributed by atoms with Crippen LogP contribution in [0.5, 0.6) is 0 Å². The Morgan fingerprint density at radius 2 is 2.19 bits per heavy atom. The molecule has 0 aromatic heterocycles. The van der Waals surface area contributed by atoms with Crippen LogP contribution in [0.2, 0.25) is 5.02 Å². The molecule has 2 rings (SSSR count). The van der Waals surface area contributed by atoms with Gasteiger partial charge in [0.2, 0.25) is 0 Å². The van der Waals surface area contributed by atoms with Gasteiger partial charge < -0.3 is 5.32 Å². The predicted octanol–water partition coefficient (Wildman–Crippen LogP) is 3.72. The summed E-state index contributed by atoms with van der Waals surface area (Å²) in [6.07, 6.45) is 6.46. The molecule has 0 saturated carbocycles. The van der Waals surface area contributed by atoms with Crippen molar-refractivity contribution in [1.82, 2.24) is 5.32 Å². The second kappa shape index (κ2) is 5.70. The molecule has 1 aromatic carbocycles. The number of hydrogen-bond donors (Lipinski definition) is 1. The van der Waals surface area contributed by atoms with Gasteiger partial charge in [-0.05, 0) is 49.9 Å². The third kappa shape index (κ3) is 3.23. The van der Waals surface area contributed by atoms with E-state index < -0.39 is 0 Å². The quantitative estimate of drug-likeness (QED) is 0.827. The van der Waals surface area contributed by atoms with E-state index in [9.17, 15) is 0 Å². The fraction of sp³-hybridized carbons (Fsp3) is 0.571. The molecular formula is C14H20ClN. The molecule has 16 heavy (non-hydrogen) atoms. The Hall–Kier alpha value is -0.530. The van der Waals surface area contributed by atoms with Gasteiger partial charge in [-0.15, -0.1) is 0 Å². The van der Waals surface area contributed by atoms with Gasteiger partial charge in [0.05, 0.1) is 0 Å². The van der Waals surface area contributed by atoms with E-state index in [4.69, 9.17) is 11.6 Å². The van der Waals surface area contributed by atoms with Crippen molar-refractivity contribution in [2.75, 3.05) is 6.54 Å². The van der Waals surface area contributed by atoms with Crippen molar-refractivity contribution in [3.05, 3.63) is 34.3 Å². The Kier molecular flexibility index (Phi) is 4.25. The minimum absolute atomic E-state index is 0.640. The highest BCUT2D eigenvalue weighted by Gasteiger charge is 2.12. The summed E-state index contributed by atoms with van der Waals surface area (Å²) in [5.74, 6) is 0. The normalized spacial score (nSPS) is 21.8. The Labute approximate surface area is 103 Å². The van der Waals surface area contributed by atoms with Crippen LogP contribution in [-0.4, -0.2) is 12.6 Å². The molecule has 2 heteroatoms. The maximum Gasteiger partial charge on any atom is 0.0437 e. The van der Waals surface area contributed by atoms with Crippen LogP contribution in [0, 0.1) is 6.92 Å². The van der Waals surface area contributed by atoms with Crippen molar-refractivity contribution in [3.63, 3.8) is 0 Å². The van der Waals surface area contributed by atoms with Crippen LogP contribution in [0.3, 0.4) is 0 Å². The molecule has 0 bridgehead atoms. The zero-order valence-electron chi connectivity index (χ0n) is 9.93. The van der Waals surface area contributed by atoms with Gasteiger partial charge in [-0.2, -0.15) is 0 Å². The summed E-state index contributed by atoms with van der Waals surface area (Å²) in [7, 11) is 0. The van der Waals surface area contributed by atoms with Crippen molar-refractivity contribution in [3.8, 4) is 0 Å². The fourth-order valence-electron chi connectivity index (χ4n) is 2.32. The van der Waals surface area contributed by atoms with E-state index in [0.717, 1.165) is 11.4 Å². The van der Waals surface area contributed by atoms with E-state index >= 15 is 0 Å². The monoisotopic (exact) mass is 237 g/mol. The van der Waals surface area contributed by atoms with Crippen LogP contribution in [0.1, 0.15) is 36.8 Å². The van der Waals surface area contributed by atoms with Crippen molar-refractivity contribution in [2.45, 2.75) is 45.1 Å². The van der Waals surface area contributed by atoms with Gasteiger partial charge in [0.25, 0.3) is 0 Å². The highest BCUT2D eigenvalue weighted by Crippen LogP contribution is 2.19. The lowest BCUT2D eigenvalue weighted by atomic mass is 10.0. The molecule has 1 heterocycles. The van der Waals surface area contributed by atoms with Crippen molar-refractivity contribution in [2.24, 2.45) is 0 Å². The zero-order chi connectivity index (χ0) is 11.4. The average Bonchev–Trinajstić information content (AvgIpc) is 2.52. The van der Waals surface area contributed by atoms with Crippen LogP contribution in [0.4, 0.5) is 0 Å². The lowest BCUT2D eigenvalue weighted by Gasteiger charge is -2.16. The van der Waals surface area contributed by atoms with E-state index in [0.29, 0.717) is 6.04 Å². The van der Waals surface area contributed by atoms with E-state index in [2.05, 4.69) is 30.4 Å². The molecular weight excluding hydrogens is 218 g/mol. The zero-order valence-corrected chi connectivity index (χ0v) is 10.7. The lowest BCUT2D eigenvalue weighted by Crippen LogP contribution is -2.30. The number of nitrogens with one attached hydrogen (secondary N) is 1. The third-order valence-electron chi connectivity index (χ3n) is 3.38. The van der Waals surface area contributed by atoms with Crippen LogP contribution >= 0.6 is 11.6 Å². The summed E-state index contributed by atoms with van der Waals surface area (Å²) in [6, 6.07) is 7.08. The molecule has 1 aliphatic heterocycles. The number of aryl methyl sites for hydroxylation is 1. The van der Waals surface area contributed by atoms with Gasteiger partial charge in [0.1, 0.15) is 0 Å². The van der Waals surface area contributed by atoms with Gasteiger partial charge in [-0.1, -0.05) is 36.6 Å². The van der Waals surface area contributed by atoms with E-state index in [-0.39, 0.29) is 0 Å². The first-order valence-corrected chi connectivity index (χ1v) is 6.62. The molecule has 1 fully saturated rings. The standard InChI is InChI=1S/C14H20ClN/c1-11-6-7-12(10-14(11)15)9-13-5-3-2-4-8-16-13/h6-7,10,13,16H,2-5,8-9H2,1H3. The highest BCUT2D eigenvalue weighted by atomic mass is 35.5. The average molecular weight is 238 g/mol. The minimum Gasteiger partial charge on any atom is -0.314 e. The molecule has 1 unspecified atom stereocenters. The summed E-state index contributed by atoms with van der Waals surface area (Å²) >= 11 is 6.14. The Morgan fingerprint density at radius 1 is 1.31 bits per heavy atom. The molecule has 1 atom stereocenters. The lowest BCUT2D eigenvalue weighted by molar-refractivity contribution is 0.507. The Balaban J connectivity index is 1.99. The van der Waals surface area contributed by atoms with Crippen molar-refractivity contribution in [1.29, 1.82) is 0 Å². The maximum absolute atomic E-state index is 6.14. The molecule has 1 nitrogen and oxygen atoms in total. The summed E-state index contributed by atoms with van der Waals surface area (Å²) in [5.41, 5.74) is 2.52. The van der Waals surface area contributed by atoms with Gasteiger partial charge in [0, 0.05) is 11.1 Å². The second-order valence-electron chi connectivity index (χ2n) is 4.79. The highest BCUT2D eigenvalue weighted by molar-refractivity contribution is 6.31. The number of hydrogen-bond acceptors (Lipinski definition) is 1. The first-order chi connectivity index (χ1) is 7.75. The third-order valence-corrected chi connectivity index (χ3v) is 3.79. The second-order valence-corrected chi connectivity index (χ2v) is 5.20. The summed E-state index contributed by atoms with van der Waals surface area (Å²) < 4.78 is 0. The van der Waals surface area contributed by atoms with Crippen LogP contribution in [0.15, 0.2) is 18.2 Å². The van der Waals surface area contributed by atoms with Crippen LogP contribution in [-0.2, 0) is 6.42 Å². The van der Waals surface area contributed by atoms with Crippen LogP contribution < -0.4 is 5.32 Å². The van der Waals surface area contributed by atoms with E-state index in [1.807, 2.05) is 0 Å². The van der Waals surface area contributed by atoms with Crippen LogP contribution in [0.25, 0.3) is 0 Å². The first-order valence-electron chi connectivity index (χ1n) is 6.24. The van der Waals surface area contributed by atoms with Crippen molar-refractivity contribution < 1.29 is 0 Å². The Bertz CT molecular complexity index is 341. The fourth-order valence-corrected chi connectivity index (χ4v) is 2.53. The Morgan fingerprint density at radius 3 is 3.00 bits per heavy atom. The molecule has 1 aliphatic rings. The largest absolute Gasteiger partial charge is 0.314 e. The van der Waals surface area contributed by atoms with E-state index in [1.165, 1.54) is 43.4 Å². The van der Waals surface area contributed by atoms with Crippen molar-refractivity contribution >= 4 is 11.6 Å². The van der Waals surface area contributed by atoms with Gasteiger partial charge >= 0.3 is 0 Å².